The molecule has 0 saturated carbocycles. The maximum absolute atomic E-state index is 9.97. The van der Waals surface area contributed by atoms with E-state index in [1.165, 1.54) is 11.3 Å². The highest BCUT2D eigenvalue weighted by molar-refractivity contribution is 7.16. The molecule has 17 heavy (non-hydrogen) atoms. The lowest BCUT2D eigenvalue weighted by molar-refractivity contribution is 0.176. The van der Waals surface area contributed by atoms with Crippen LogP contribution in [0.4, 0.5) is 0 Å². The lowest BCUT2D eigenvalue weighted by atomic mass is 10.1. The lowest BCUT2D eigenvalue weighted by Crippen LogP contribution is -2.12. The highest BCUT2D eigenvalue weighted by Crippen LogP contribution is 2.23. The molecule has 4 heteroatoms. The van der Waals surface area contributed by atoms with Gasteiger partial charge in [-0.05, 0) is 36.2 Å². The molecule has 1 unspecified atom stereocenters. The van der Waals surface area contributed by atoms with Gasteiger partial charge in [-0.2, -0.15) is 0 Å². The van der Waals surface area contributed by atoms with Gasteiger partial charge in [-0.15, -0.1) is 11.3 Å². The summed E-state index contributed by atoms with van der Waals surface area (Å²) in [4.78, 5) is 1.11. The summed E-state index contributed by atoms with van der Waals surface area (Å²) in [7, 11) is 0. The average Bonchev–Trinajstić information content (AvgIpc) is 2.67. The smallest absolute Gasteiger partial charge is 0.0931 e. The van der Waals surface area contributed by atoms with Crippen molar-refractivity contribution in [2.75, 3.05) is 0 Å². The fourth-order valence-corrected chi connectivity index (χ4v) is 2.94. The van der Waals surface area contributed by atoms with Gasteiger partial charge < -0.3 is 5.11 Å². The maximum Gasteiger partial charge on any atom is 0.0931 e. The van der Waals surface area contributed by atoms with Crippen molar-refractivity contribution in [2.24, 2.45) is 0 Å². The van der Waals surface area contributed by atoms with E-state index in [2.05, 4.69) is 0 Å². The van der Waals surface area contributed by atoms with Crippen LogP contribution in [0.2, 0.25) is 9.36 Å². The Bertz CT molecular complexity index is 478. The van der Waals surface area contributed by atoms with Gasteiger partial charge in [0.2, 0.25) is 0 Å². The van der Waals surface area contributed by atoms with Gasteiger partial charge >= 0.3 is 0 Å². The number of thiophene rings is 1. The Morgan fingerprint density at radius 2 is 1.71 bits per heavy atom. The molecular formula is C13H12Cl2OS. The molecule has 90 valence electrons. The van der Waals surface area contributed by atoms with Crippen LogP contribution in [0.5, 0.6) is 0 Å². The van der Waals surface area contributed by atoms with Crippen LogP contribution in [0.25, 0.3) is 0 Å². The quantitative estimate of drug-likeness (QED) is 0.893. The van der Waals surface area contributed by atoms with E-state index >= 15 is 0 Å². The molecule has 0 aliphatic rings. The SMILES string of the molecule is OC(Cc1ccc(Cl)cc1)Cc1ccc(Cl)s1. The molecule has 0 bridgehead atoms. The molecule has 1 aromatic carbocycles. The van der Waals surface area contributed by atoms with E-state index in [9.17, 15) is 5.11 Å². The number of aliphatic hydroxyl groups excluding tert-OH is 1. The Morgan fingerprint density at radius 1 is 1.00 bits per heavy atom. The zero-order valence-corrected chi connectivity index (χ0v) is 11.4. The van der Waals surface area contributed by atoms with E-state index in [0.717, 1.165) is 14.8 Å². The van der Waals surface area contributed by atoms with Crippen molar-refractivity contribution in [3.63, 3.8) is 0 Å². The van der Waals surface area contributed by atoms with Gasteiger partial charge in [0.25, 0.3) is 0 Å². The van der Waals surface area contributed by atoms with Crippen LogP contribution in [0.3, 0.4) is 0 Å². The second-order valence-corrected chi connectivity index (χ2v) is 6.13. The first-order chi connectivity index (χ1) is 8.13. The molecule has 1 N–H and O–H groups in total. The van der Waals surface area contributed by atoms with Gasteiger partial charge in [0, 0.05) is 16.3 Å². The summed E-state index contributed by atoms with van der Waals surface area (Å²) in [5, 5.41) is 10.7. The largest absolute Gasteiger partial charge is 0.392 e. The molecule has 1 aromatic heterocycles. The van der Waals surface area contributed by atoms with Crippen molar-refractivity contribution < 1.29 is 5.11 Å². The Balaban J connectivity index is 1.93. The van der Waals surface area contributed by atoms with E-state index in [-0.39, 0.29) is 6.10 Å². The minimum atomic E-state index is -0.383. The molecule has 1 heterocycles. The number of hydrogen-bond donors (Lipinski definition) is 1. The zero-order valence-electron chi connectivity index (χ0n) is 9.07. The van der Waals surface area contributed by atoms with Crippen LogP contribution in [0, 0.1) is 0 Å². The molecule has 0 amide bonds. The molecule has 0 saturated heterocycles. The molecule has 1 nitrogen and oxygen atoms in total. The van der Waals surface area contributed by atoms with Crippen molar-refractivity contribution in [3.8, 4) is 0 Å². The zero-order chi connectivity index (χ0) is 12.3. The third kappa shape index (κ3) is 4.00. The first kappa shape index (κ1) is 12.9. The van der Waals surface area contributed by atoms with Gasteiger partial charge in [-0.25, -0.2) is 0 Å². The Kier molecular flexibility index (Phi) is 4.46. The number of aliphatic hydroxyl groups is 1. The Hall–Kier alpha value is -0.540. The van der Waals surface area contributed by atoms with E-state index < -0.39 is 0 Å². The Labute approximate surface area is 115 Å². The highest BCUT2D eigenvalue weighted by Gasteiger charge is 2.08. The normalized spacial score (nSPS) is 12.6. The van der Waals surface area contributed by atoms with E-state index in [1.807, 2.05) is 36.4 Å². The number of halogens is 2. The van der Waals surface area contributed by atoms with Gasteiger partial charge in [0.1, 0.15) is 0 Å². The second-order valence-electron chi connectivity index (χ2n) is 3.89. The summed E-state index contributed by atoms with van der Waals surface area (Å²) in [5.74, 6) is 0. The van der Waals surface area contributed by atoms with Crippen LogP contribution in [-0.2, 0) is 12.8 Å². The minimum absolute atomic E-state index is 0.383. The molecule has 2 aromatic rings. The average molecular weight is 287 g/mol. The van der Waals surface area contributed by atoms with Crippen molar-refractivity contribution in [1.29, 1.82) is 0 Å². The van der Waals surface area contributed by atoms with Crippen molar-refractivity contribution in [1.82, 2.24) is 0 Å². The van der Waals surface area contributed by atoms with E-state index in [1.54, 1.807) is 0 Å². The predicted molar refractivity (Wildman–Crippen MR) is 74.2 cm³/mol. The first-order valence-corrected chi connectivity index (χ1v) is 6.87. The summed E-state index contributed by atoms with van der Waals surface area (Å²) in [6.07, 6.45) is 0.887. The summed E-state index contributed by atoms with van der Waals surface area (Å²) in [5.41, 5.74) is 1.09. The molecule has 0 aliphatic carbocycles. The fourth-order valence-electron chi connectivity index (χ4n) is 1.66. The standard InChI is InChI=1S/C13H12Cl2OS/c14-10-3-1-9(2-4-10)7-11(16)8-12-5-6-13(15)17-12/h1-6,11,16H,7-8H2. The second kappa shape index (κ2) is 5.87. The first-order valence-electron chi connectivity index (χ1n) is 5.30. The minimum Gasteiger partial charge on any atom is -0.392 e. The molecule has 1 atom stereocenters. The topological polar surface area (TPSA) is 20.2 Å². The molecule has 2 rings (SSSR count). The third-order valence-corrected chi connectivity index (χ3v) is 3.96. The van der Waals surface area contributed by atoms with Crippen LogP contribution < -0.4 is 0 Å². The fraction of sp³-hybridized carbons (Fsp3) is 0.231. The van der Waals surface area contributed by atoms with Crippen molar-refractivity contribution in [3.05, 3.63) is 56.2 Å². The van der Waals surface area contributed by atoms with E-state index in [4.69, 9.17) is 23.2 Å². The predicted octanol–water partition coefficient (Wildman–Crippen LogP) is 4.20. The molecule has 0 aliphatic heterocycles. The number of benzene rings is 1. The summed E-state index contributed by atoms with van der Waals surface area (Å²) in [6, 6.07) is 11.4. The summed E-state index contributed by atoms with van der Waals surface area (Å²) in [6.45, 7) is 0. The van der Waals surface area contributed by atoms with Gasteiger partial charge in [0.05, 0.1) is 10.4 Å². The molecular weight excluding hydrogens is 275 g/mol. The monoisotopic (exact) mass is 286 g/mol. The van der Waals surface area contributed by atoms with Crippen LogP contribution in [-0.4, -0.2) is 11.2 Å². The van der Waals surface area contributed by atoms with Crippen LogP contribution in [0.15, 0.2) is 36.4 Å². The molecule has 0 fully saturated rings. The lowest BCUT2D eigenvalue weighted by Gasteiger charge is -2.09. The number of hydrogen-bond acceptors (Lipinski definition) is 2. The van der Waals surface area contributed by atoms with Crippen molar-refractivity contribution in [2.45, 2.75) is 18.9 Å². The van der Waals surface area contributed by atoms with Crippen molar-refractivity contribution >= 4 is 34.5 Å². The van der Waals surface area contributed by atoms with Crippen LogP contribution in [0.1, 0.15) is 10.4 Å². The summed E-state index contributed by atoms with van der Waals surface area (Å²) >= 11 is 13.2. The molecule has 0 radical (unpaired) electrons. The number of rotatable bonds is 4. The summed E-state index contributed by atoms with van der Waals surface area (Å²) < 4.78 is 0.763. The third-order valence-electron chi connectivity index (χ3n) is 2.45. The Morgan fingerprint density at radius 3 is 2.29 bits per heavy atom. The van der Waals surface area contributed by atoms with Gasteiger partial charge in [-0.1, -0.05) is 35.3 Å². The van der Waals surface area contributed by atoms with E-state index in [0.29, 0.717) is 17.9 Å². The highest BCUT2D eigenvalue weighted by atomic mass is 35.5. The van der Waals surface area contributed by atoms with Crippen LogP contribution >= 0.6 is 34.5 Å². The van der Waals surface area contributed by atoms with Gasteiger partial charge in [0.15, 0.2) is 0 Å². The van der Waals surface area contributed by atoms with Gasteiger partial charge in [-0.3, -0.25) is 0 Å². The maximum atomic E-state index is 9.97. The molecule has 0 spiro atoms.